The molecule has 0 aliphatic carbocycles. The van der Waals surface area contributed by atoms with Crippen LogP contribution in [0.15, 0.2) is 60.9 Å². The van der Waals surface area contributed by atoms with Crippen molar-refractivity contribution < 1.29 is 0 Å². The normalized spacial score (nSPS) is 9.96. The molecule has 3 aromatic rings. The van der Waals surface area contributed by atoms with Crippen molar-refractivity contribution in [2.75, 3.05) is 0 Å². The van der Waals surface area contributed by atoms with Crippen molar-refractivity contribution in [1.82, 2.24) is 20.6 Å². The van der Waals surface area contributed by atoms with Gasteiger partial charge < -0.3 is 0 Å². The van der Waals surface area contributed by atoms with Gasteiger partial charge in [-0.25, -0.2) is 0 Å². The Morgan fingerprint density at radius 3 is 2.30 bits per heavy atom. The first-order valence-corrected chi connectivity index (χ1v) is 8.21. The molecule has 0 unspecified atom stereocenters. The number of aromatic amines is 1. The third-order valence-corrected chi connectivity index (χ3v) is 3.67. The van der Waals surface area contributed by atoms with E-state index < -0.39 is 0 Å². The van der Waals surface area contributed by atoms with Crippen molar-refractivity contribution in [1.29, 1.82) is 0 Å². The quantitative estimate of drug-likeness (QED) is 0.673. The van der Waals surface area contributed by atoms with Gasteiger partial charge in [-0.05, 0) is 29.5 Å². The summed E-state index contributed by atoms with van der Waals surface area (Å²) in [6.45, 7) is 2.26. The Balaban J connectivity index is 0.000000326. The number of hydrogen-bond acceptors (Lipinski definition) is 3. The van der Waals surface area contributed by atoms with Crippen LogP contribution in [-0.4, -0.2) is 20.6 Å². The van der Waals surface area contributed by atoms with Crippen molar-refractivity contribution in [3.05, 3.63) is 66.5 Å². The van der Waals surface area contributed by atoms with Gasteiger partial charge in [0.2, 0.25) is 0 Å². The fraction of sp³-hybridized carbons (Fsp3) is 0.316. The maximum absolute atomic E-state index is 3.38. The zero-order valence-corrected chi connectivity index (χ0v) is 13.7. The van der Waals surface area contributed by atoms with Crippen molar-refractivity contribution in [3.63, 3.8) is 0 Å². The average molecular weight is 308 g/mol. The Labute approximate surface area is 138 Å². The molecule has 2 aromatic carbocycles. The molecule has 0 saturated carbocycles. The van der Waals surface area contributed by atoms with Gasteiger partial charge in [0.1, 0.15) is 0 Å². The summed E-state index contributed by atoms with van der Waals surface area (Å²) in [6, 6.07) is 19.5. The summed E-state index contributed by atoms with van der Waals surface area (Å²) in [7, 11) is 0. The van der Waals surface area contributed by atoms with Crippen LogP contribution < -0.4 is 0 Å². The second kappa shape index (κ2) is 10.3. The highest BCUT2D eigenvalue weighted by atomic mass is 15.5. The summed E-state index contributed by atoms with van der Waals surface area (Å²) < 4.78 is 0. The van der Waals surface area contributed by atoms with Crippen molar-refractivity contribution >= 4 is 0 Å². The lowest BCUT2D eigenvalue weighted by atomic mass is 9.96. The average Bonchev–Trinajstić information content (AvgIpc) is 3.20. The van der Waals surface area contributed by atoms with Gasteiger partial charge in [-0.15, -0.1) is 10.2 Å². The van der Waals surface area contributed by atoms with Gasteiger partial charge in [-0.1, -0.05) is 86.0 Å². The molecule has 4 nitrogen and oxygen atoms in total. The number of nitrogens with zero attached hydrogens (tertiary/aromatic N) is 3. The summed E-state index contributed by atoms with van der Waals surface area (Å²) in [5.41, 5.74) is 4.22. The standard InChI is InChI=1S/C18H22.CH2N4/c1-2-3-4-6-11-17-14-9-10-15-18(17)16-12-7-5-8-13-16;1-2-4-5-3-1/h5,7-10,12-15H,2-4,6,11H2,1H3;1H,(H,2,3,4,5). The Morgan fingerprint density at radius 2 is 1.65 bits per heavy atom. The molecule has 1 N–H and O–H groups in total. The van der Waals surface area contributed by atoms with Crippen LogP contribution in [0.25, 0.3) is 11.1 Å². The number of aromatic nitrogens is 4. The molecular formula is C19H24N4. The van der Waals surface area contributed by atoms with Crippen LogP contribution in [0.5, 0.6) is 0 Å². The van der Waals surface area contributed by atoms with E-state index in [-0.39, 0.29) is 0 Å². The molecule has 3 rings (SSSR count). The van der Waals surface area contributed by atoms with Gasteiger partial charge in [0.25, 0.3) is 0 Å². The maximum atomic E-state index is 3.38. The predicted octanol–water partition coefficient (Wildman–Crippen LogP) is 4.68. The first-order chi connectivity index (χ1) is 11.4. The fourth-order valence-corrected chi connectivity index (χ4v) is 2.51. The Bertz CT molecular complexity index is 618. The third-order valence-electron chi connectivity index (χ3n) is 3.67. The number of rotatable bonds is 6. The molecule has 0 aliphatic rings. The smallest absolute Gasteiger partial charge is 0.161 e. The zero-order valence-electron chi connectivity index (χ0n) is 13.7. The topological polar surface area (TPSA) is 54.5 Å². The molecular weight excluding hydrogens is 284 g/mol. The van der Waals surface area contributed by atoms with Gasteiger partial charge in [0.05, 0.1) is 0 Å². The molecule has 0 fully saturated rings. The van der Waals surface area contributed by atoms with E-state index in [2.05, 4.69) is 82.1 Å². The van der Waals surface area contributed by atoms with Crippen LogP contribution in [0.3, 0.4) is 0 Å². The van der Waals surface area contributed by atoms with E-state index in [1.54, 1.807) is 0 Å². The van der Waals surface area contributed by atoms with Gasteiger partial charge in [0, 0.05) is 0 Å². The molecule has 4 heteroatoms. The maximum Gasteiger partial charge on any atom is 0.161 e. The summed E-state index contributed by atoms with van der Waals surface area (Å²) >= 11 is 0. The van der Waals surface area contributed by atoms with E-state index in [1.807, 2.05) is 0 Å². The Hall–Kier alpha value is -2.49. The van der Waals surface area contributed by atoms with Crippen LogP contribution in [0.2, 0.25) is 0 Å². The third kappa shape index (κ3) is 6.02. The first kappa shape index (κ1) is 16.9. The first-order valence-electron chi connectivity index (χ1n) is 8.21. The SMILES string of the molecule is CCCCCCc1ccccc1-c1ccccc1.c1nn[nH]n1. The summed E-state index contributed by atoms with van der Waals surface area (Å²) in [4.78, 5) is 0. The van der Waals surface area contributed by atoms with Gasteiger partial charge >= 0.3 is 0 Å². The molecule has 1 heterocycles. The number of H-pyrrole nitrogens is 1. The van der Waals surface area contributed by atoms with Crippen LogP contribution in [-0.2, 0) is 6.42 Å². The van der Waals surface area contributed by atoms with Crippen molar-refractivity contribution in [2.45, 2.75) is 39.0 Å². The van der Waals surface area contributed by atoms with Crippen LogP contribution in [0.4, 0.5) is 0 Å². The van der Waals surface area contributed by atoms with E-state index in [0.29, 0.717) is 0 Å². The lowest BCUT2D eigenvalue weighted by Gasteiger charge is -2.09. The highest BCUT2D eigenvalue weighted by Gasteiger charge is 2.03. The second-order valence-corrected chi connectivity index (χ2v) is 5.39. The monoisotopic (exact) mass is 308 g/mol. The molecule has 0 spiro atoms. The molecule has 0 saturated heterocycles. The minimum atomic E-state index is 1.20. The number of nitrogens with one attached hydrogen (secondary N) is 1. The largest absolute Gasteiger partial charge is 0.177 e. The van der Waals surface area contributed by atoms with Crippen molar-refractivity contribution in [3.8, 4) is 11.1 Å². The fourth-order valence-electron chi connectivity index (χ4n) is 2.51. The van der Waals surface area contributed by atoms with E-state index in [1.165, 1.54) is 55.1 Å². The number of hydrogen-bond donors (Lipinski definition) is 1. The Morgan fingerprint density at radius 1 is 0.870 bits per heavy atom. The number of unbranched alkanes of at least 4 members (excludes halogenated alkanes) is 3. The summed E-state index contributed by atoms with van der Waals surface area (Å²) in [6.07, 6.45) is 7.84. The van der Waals surface area contributed by atoms with E-state index in [0.717, 1.165) is 0 Å². The molecule has 0 radical (unpaired) electrons. The highest BCUT2D eigenvalue weighted by Crippen LogP contribution is 2.24. The van der Waals surface area contributed by atoms with Crippen LogP contribution >= 0.6 is 0 Å². The van der Waals surface area contributed by atoms with E-state index in [9.17, 15) is 0 Å². The molecule has 0 amide bonds. The number of tetrazole rings is 1. The number of benzene rings is 2. The van der Waals surface area contributed by atoms with Crippen LogP contribution in [0, 0.1) is 0 Å². The molecule has 0 atom stereocenters. The molecule has 120 valence electrons. The predicted molar refractivity (Wildman–Crippen MR) is 93.9 cm³/mol. The zero-order chi connectivity index (χ0) is 16.2. The summed E-state index contributed by atoms with van der Waals surface area (Å²) in [5.74, 6) is 0. The molecule has 0 bridgehead atoms. The van der Waals surface area contributed by atoms with E-state index >= 15 is 0 Å². The van der Waals surface area contributed by atoms with Gasteiger partial charge in [-0.2, -0.15) is 5.21 Å². The minimum Gasteiger partial charge on any atom is -0.177 e. The second-order valence-electron chi connectivity index (χ2n) is 5.39. The molecule has 1 aromatic heterocycles. The molecule has 23 heavy (non-hydrogen) atoms. The van der Waals surface area contributed by atoms with Gasteiger partial charge in [-0.3, -0.25) is 0 Å². The van der Waals surface area contributed by atoms with Crippen molar-refractivity contribution in [2.24, 2.45) is 0 Å². The minimum absolute atomic E-state index is 1.20. The van der Waals surface area contributed by atoms with E-state index in [4.69, 9.17) is 0 Å². The molecule has 0 aliphatic heterocycles. The summed E-state index contributed by atoms with van der Waals surface area (Å²) in [5, 5.41) is 12.2. The lowest BCUT2D eigenvalue weighted by molar-refractivity contribution is 0.667. The van der Waals surface area contributed by atoms with Crippen LogP contribution in [0.1, 0.15) is 38.2 Å². The number of aryl methyl sites for hydroxylation is 1. The van der Waals surface area contributed by atoms with Gasteiger partial charge in [0.15, 0.2) is 6.33 Å². The lowest BCUT2D eigenvalue weighted by Crippen LogP contribution is -1.90. The Kier molecular flexibility index (Phi) is 7.54. The highest BCUT2D eigenvalue weighted by molar-refractivity contribution is 5.67.